The summed E-state index contributed by atoms with van der Waals surface area (Å²) in [6.45, 7) is 4.98. The molecule has 0 aromatic rings. The highest BCUT2D eigenvalue weighted by Gasteiger charge is 2.20. The number of carbonyl (C=O) groups excluding carboxylic acids is 2. The van der Waals surface area contributed by atoms with Crippen molar-refractivity contribution < 1.29 is 24.5 Å². The highest BCUT2D eigenvalue weighted by Crippen LogP contribution is 2.19. The molecule has 0 heterocycles. The Bertz CT molecular complexity index is 1200. The Morgan fingerprint density at radius 2 is 0.649 bits per heavy atom. The van der Waals surface area contributed by atoms with Gasteiger partial charge in [0, 0.05) is 12.8 Å². The van der Waals surface area contributed by atoms with Crippen LogP contribution in [0.5, 0.6) is 0 Å². The molecule has 0 rings (SSSR count). The van der Waals surface area contributed by atoms with Gasteiger partial charge in [-0.15, -0.1) is 0 Å². The number of allylic oxidation sites excluding steroid dienone is 4. The summed E-state index contributed by atoms with van der Waals surface area (Å²) in [5.41, 5.74) is 0. The van der Waals surface area contributed by atoms with Gasteiger partial charge in [-0.1, -0.05) is 346 Å². The minimum absolute atomic E-state index is 0.0114. The van der Waals surface area contributed by atoms with Gasteiger partial charge in [-0.3, -0.25) is 9.59 Å². The van der Waals surface area contributed by atoms with E-state index in [0.29, 0.717) is 25.9 Å². The average molecular weight is 1080 g/mol. The molecule has 456 valence electrons. The van der Waals surface area contributed by atoms with Crippen LogP contribution in [0.15, 0.2) is 24.3 Å². The number of carbonyl (C=O) groups is 2. The Morgan fingerprint density at radius 1 is 0.364 bits per heavy atom. The summed E-state index contributed by atoms with van der Waals surface area (Å²) >= 11 is 0. The Hall–Kier alpha value is -1.66. The van der Waals surface area contributed by atoms with E-state index in [1.807, 2.05) is 0 Å². The van der Waals surface area contributed by atoms with E-state index in [4.69, 9.17) is 4.74 Å². The summed E-state index contributed by atoms with van der Waals surface area (Å²) in [7, 11) is 0. The minimum atomic E-state index is -0.669. The second kappa shape index (κ2) is 66.8. The normalized spacial score (nSPS) is 12.6. The molecule has 2 atom stereocenters. The van der Waals surface area contributed by atoms with Crippen molar-refractivity contribution in [2.45, 2.75) is 405 Å². The molecule has 0 aromatic carbocycles. The van der Waals surface area contributed by atoms with Crippen molar-refractivity contribution in [3.05, 3.63) is 24.3 Å². The molecule has 0 fully saturated rings. The van der Waals surface area contributed by atoms with E-state index in [0.717, 1.165) is 44.9 Å². The van der Waals surface area contributed by atoms with Gasteiger partial charge in [0.25, 0.3) is 0 Å². The molecule has 0 saturated heterocycles. The number of amides is 1. The first kappa shape index (κ1) is 75.3. The highest BCUT2D eigenvalue weighted by atomic mass is 16.5. The average Bonchev–Trinajstić information content (AvgIpc) is 3.43. The molecule has 0 radical (unpaired) electrons. The zero-order valence-electron chi connectivity index (χ0n) is 52.2. The first-order chi connectivity index (χ1) is 38.0. The van der Waals surface area contributed by atoms with Crippen LogP contribution in [0.1, 0.15) is 393 Å². The fourth-order valence-corrected chi connectivity index (χ4v) is 11.1. The summed E-state index contributed by atoms with van der Waals surface area (Å²) in [4.78, 5) is 24.6. The first-order valence-electron chi connectivity index (χ1n) is 35.1. The number of aliphatic hydroxyl groups excluding tert-OH is 2. The maximum Gasteiger partial charge on any atom is 0.305 e. The molecule has 3 N–H and O–H groups in total. The third-order valence-electron chi connectivity index (χ3n) is 16.5. The van der Waals surface area contributed by atoms with Crippen LogP contribution in [0.3, 0.4) is 0 Å². The fraction of sp³-hybridized carbons (Fsp3) is 0.915. The van der Waals surface area contributed by atoms with Gasteiger partial charge in [-0.25, -0.2) is 0 Å². The predicted octanol–water partition coefficient (Wildman–Crippen LogP) is 22.5. The van der Waals surface area contributed by atoms with E-state index >= 15 is 0 Å². The predicted molar refractivity (Wildman–Crippen MR) is 338 cm³/mol. The summed E-state index contributed by atoms with van der Waals surface area (Å²) in [5, 5.41) is 23.4. The van der Waals surface area contributed by atoms with Gasteiger partial charge in [-0.2, -0.15) is 0 Å². The largest absolute Gasteiger partial charge is 0.466 e. The van der Waals surface area contributed by atoms with Crippen LogP contribution in [-0.2, 0) is 14.3 Å². The van der Waals surface area contributed by atoms with Crippen molar-refractivity contribution in [3.8, 4) is 0 Å². The topological polar surface area (TPSA) is 95.9 Å². The molecule has 0 bridgehead atoms. The molecule has 0 aliphatic carbocycles. The molecule has 6 heteroatoms. The van der Waals surface area contributed by atoms with Crippen LogP contribution in [-0.4, -0.2) is 47.4 Å². The van der Waals surface area contributed by atoms with Crippen molar-refractivity contribution in [2.24, 2.45) is 0 Å². The quantitative estimate of drug-likeness (QED) is 0.0320. The Morgan fingerprint density at radius 3 is 0.987 bits per heavy atom. The Labute approximate surface area is 481 Å². The third kappa shape index (κ3) is 63.4. The molecule has 0 aliphatic heterocycles. The molecule has 0 aromatic heterocycles. The highest BCUT2D eigenvalue weighted by molar-refractivity contribution is 5.76. The first-order valence-corrected chi connectivity index (χ1v) is 35.1. The van der Waals surface area contributed by atoms with E-state index in [9.17, 15) is 19.8 Å². The van der Waals surface area contributed by atoms with Crippen LogP contribution >= 0.6 is 0 Å². The van der Waals surface area contributed by atoms with Crippen LogP contribution in [0.25, 0.3) is 0 Å². The van der Waals surface area contributed by atoms with Crippen LogP contribution in [0.4, 0.5) is 0 Å². The smallest absolute Gasteiger partial charge is 0.305 e. The monoisotopic (exact) mass is 1080 g/mol. The molecule has 0 spiro atoms. The van der Waals surface area contributed by atoms with Gasteiger partial charge < -0.3 is 20.3 Å². The maximum atomic E-state index is 12.5. The number of hydrogen-bond donors (Lipinski definition) is 3. The SMILES string of the molecule is CCCCCCCCCCCCCCCCCCCCCCCCC(O)C(CO)NC(=O)CCCCCCCCCCC/C=C\C/C=C\CCCCCCCCCCCOC(=O)CCCCCCCCCCCCCCC. The van der Waals surface area contributed by atoms with E-state index in [1.165, 1.54) is 315 Å². The standard InChI is InChI=1S/C71H137NO5/c1-3-5-7-9-11-13-15-17-18-19-20-21-27-30-33-36-40-43-47-51-55-59-63-69(74)68(67-73)72-70(75)64-60-56-52-48-44-41-37-34-31-28-25-23-22-24-26-29-32-35-38-42-46-50-54-58-62-66-77-71(76)65-61-57-53-49-45-39-16-14-12-10-8-6-4-2/h23-26,68-69,73-74H,3-22,27-67H2,1-2H3,(H,72,75)/b25-23-,26-24-. The summed E-state index contributed by atoms with van der Waals surface area (Å²) in [5.74, 6) is -0.0253. The lowest BCUT2D eigenvalue weighted by Crippen LogP contribution is -2.45. The lowest BCUT2D eigenvalue weighted by Gasteiger charge is -2.22. The number of ether oxygens (including phenoxy) is 1. The molecular weight excluding hydrogens is 947 g/mol. The zero-order chi connectivity index (χ0) is 55.7. The molecule has 0 aliphatic rings. The second-order valence-corrected chi connectivity index (χ2v) is 24.2. The van der Waals surface area contributed by atoms with Gasteiger partial charge in [0.2, 0.25) is 5.91 Å². The fourth-order valence-electron chi connectivity index (χ4n) is 11.1. The van der Waals surface area contributed by atoms with Crippen molar-refractivity contribution >= 4 is 11.9 Å². The molecule has 2 unspecified atom stereocenters. The van der Waals surface area contributed by atoms with Gasteiger partial charge in [0.1, 0.15) is 0 Å². The number of rotatable bonds is 66. The number of aliphatic hydroxyl groups is 2. The molecule has 0 saturated carbocycles. The Kier molecular flexibility index (Phi) is 65.4. The summed E-state index contributed by atoms with van der Waals surface area (Å²) < 4.78 is 5.48. The second-order valence-electron chi connectivity index (χ2n) is 24.2. The summed E-state index contributed by atoms with van der Waals surface area (Å²) in [6, 6.07) is -0.547. The van der Waals surface area contributed by atoms with Gasteiger partial charge >= 0.3 is 5.97 Å². The maximum absolute atomic E-state index is 12.5. The lowest BCUT2D eigenvalue weighted by molar-refractivity contribution is -0.143. The van der Waals surface area contributed by atoms with Crippen molar-refractivity contribution in [1.82, 2.24) is 5.32 Å². The molecule has 77 heavy (non-hydrogen) atoms. The van der Waals surface area contributed by atoms with Crippen molar-refractivity contribution in [3.63, 3.8) is 0 Å². The van der Waals surface area contributed by atoms with E-state index in [2.05, 4.69) is 43.5 Å². The lowest BCUT2D eigenvalue weighted by atomic mass is 10.0. The van der Waals surface area contributed by atoms with Gasteiger partial charge in [0.15, 0.2) is 0 Å². The summed E-state index contributed by atoms with van der Waals surface area (Å²) in [6.07, 6.45) is 83.6. The van der Waals surface area contributed by atoms with Crippen LogP contribution in [0.2, 0.25) is 0 Å². The third-order valence-corrected chi connectivity index (χ3v) is 16.5. The molecule has 6 nitrogen and oxygen atoms in total. The van der Waals surface area contributed by atoms with E-state index < -0.39 is 12.1 Å². The number of unbranched alkanes of at least 4 members (excludes halogenated alkanes) is 51. The molecular formula is C71H137NO5. The minimum Gasteiger partial charge on any atom is -0.466 e. The van der Waals surface area contributed by atoms with Crippen molar-refractivity contribution in [2.75, 3.05) is 13.2 Å². The van der Waals surface area contributed by atoms with Gasteiger partial charge in [0.05, 0.1) is 25.4 Å². The zero-order valence-corrected chi connectivity index (χ0v) is 52.2. The van der Waals surface area contributed by atoms with E-state index in [-0.39, 0.29) is 18.5 Å². The van der Waals surface area contributed by atoms with Gasteiger partial charge in [-0.05, 0) is 57.8 Å². The van der Waals surface area contributed by atoms with Crippen LogP contribution < -0.4 is 5.32 Å². The number of nitrogens with one attached hydrogen (secondary N) is 1. The van der Waals surface area contributed by atoms with Crippen molar-refractivity contribution in [1.29, 1.82) is 0 Å². The number of hydrogen-bond acceptors (Lipinski definition) is 5. The molecule has 1 amide bonds. The van der Waals surface area contributed by atoms with E-state index in [1.54, 1.807) is 0 Å². The van der Waals surface area contributed by atoms with Crippen LogP contribution in [0, 0.1) is 0 Å². The Balaban J connectivity index is 3.43. The number of esters is 1.